The average molecular weight is 198 g/mol. The Balaban J connectivity index is 1.82. The van der Waals surface area contributed by atoms with Crippen LogP contribution in [0.2, 0.25) is 0 Å². The molecule has 0 aromatic carbocycles. The second kappa shape index (κ2) is 3.57. The van der Waals surface area contributed by atoms with Gasteiger partial charge in [0.15, 0.2) is 0 Å². The zero-order valence-electron chi connectivity index (χ0n) is 8.16. The number of imide groups is 1. The Morgan fingerprint density at radius 1 is 1.50 bits per heavy atom. The van der Waals surface area contributed by atoms with E-state index in [2.05, 4.69) is 5.32 Å². The first kappa shape index (κ1) is 9.45. The third kappa shape index (κ3) is 1.59. The molecule has 1 heterocycles. The second-order valence-electron chi connectivity index (χ2n) is 3.68. The van der Waals surface area contributed by atoms with Gasteiger partial charge in [0.1, 0.15) is 6.54 Å². The average Bonchev–Trinajstić information content (AvgIpc) is 2.37. The molecule has 5 heteroatoms. The van der Waals surface area contributed by atoms with Gasteiger partial charge < -0.3 is 9.64 Å². The Hall–Kier alpha value is -1.10. The number of carbonyl (C=O) groups is 2. The fourth-order valence-electron chi connectivity index (χ4n) is 1.92. The maximum atomic E-state index is 11.2. The summed E-state index contributed by atoms with van der Waals surface area (Å²) in [6, 6.07) is -0.0621. The SMILES string of the molecule is CCOC1CC(N2CC(=O)NC2=O)C1. The summed E-state index contributed by atoms with van der Waals surface area (Å²) < 4.78 is 5.39. The number of nitrogens with one attached hydrogen (secondary N) is 1. The van der Waals surface area contributed by atoms with Crippen LogP contribution in [-0.4, -0.2) is 42.1 Å². The third-order valence-corrected chi connectivity index (χ3v) is 2.73. The van der Waals surface area contributed by atoms with Crippen LogP contribution in [0.3, 0.4) is 0 Å². The maximum Gasteiger partial charge on any atom is 0.324 e. The molecule has 1 aliphatic carbocycles. The summed E-state index contributed by atoms with van der Waals surface area (Å²) in [5.74, 6) is -0.199. The molecule has 0 bridgehead atoms. The first-order valence-corrected chi connectivity index (χ1v) is 4.92. The van der Waals surface area contributed by atoms with Gasteiger partial charge in [-0.15, -0.1) is 0 Å². The molecule has 1 saturated carbocycles. The standard InChI is InChI=1S/C9H14N2O3/c1-2-14-7-3-6(4-7)11-5-8(12)10-9(11)13/h6-7H,2-5H2,1H3,(H,10,12,13). The minimum absolute atomic E-state index is 0.193. The Bertz CT molecular complexity index is 261. The zero-order chi connectivity index (χ0) is 10.1. The minimum atomic E-state index is -0.255. The van der Waals surface area contributed by atoms with Crippen molar-refractivity contribution in [2.24, 2.45) is 0 Å². The molecule has 0 aromatic rings. The quantitative estimate of drug-likeness (QED) is 0.654. The smallest absolute Gasteiger partial charge is 0.324 e. The van der Waals surface area contributed by atoms with E-state index >= 15 is 0 Å². The fourth-order valence-corrected chi connectivity index (χ4v) is 1.92. The van der Waals surface area contributed by atoms with Crippen LogP contribution in [0, 0.1) is 0 Å². The van der Waals surface area contributed by atoms with E-state index in [9.17, 15) is 9.59 Å². The summed E-state index contributed by atoms with van der Waals surface area (Å²) in [5.41, 5.74) is 0. The van der Waals surface area contributed by atoms with Crippen LogP contribution in [0.15, 0.2) is 0 Å². The predicted octanol–water partition coefficient (Wildman–Crippen LogP) is 0.106. The molecule has 5 nitrogen and oxygen atoms in total. The van der Waals surface area contributed by atoms with E-state index in [0.717, 1.165) is 12.8 Å². The summed E-state index contributed by atoms with van der Waals surface area (Å²) in [7, 11) is 0. The Kier molecular flexibility index (Phi) is 2.41. The summed E-state index contributed by atoms with van der Waals surface area (Å²) in [6.07, 6.45) is 1.98. The van der Waals surface area contributed by atoms with Crippen LogP contribution >= 0.6 is 0 Å². The van der Waals surface area contributed by atoms with Crippen molar-refractivity contribution in [3.05, 3.63) is 0 Å². The molecule has 1 saturated heterocycles. The van der Waals surface area contributed by atoms with E-state index in [-0.39, 0.29) is 30.6 Å². The van der Waals surface area contributed by atoms with Crippen LogP contribution in [-0.2, 0) is 9.53 Å². The fraction of sp³-hybridized carbons (Fsp3) is 0.778. The molecule has 14 heavy (non-hydrogen) atoms. The van der Waals surface area contributed by atoms with Crippen molar-refractivity contribution in [3.8, 4) is 0 Å². The van der Waals surface area contributed by atoms with Gasteiger partial charge in [0.2, 0.25) is 5.91 Å². The lowest BCUT2D eigenvalue weighted by Gasteiger charge is -2.39. The number of hydrogen-bond acceptors (Lipinski definition) is 3. The topological polar surface area (TPSA) is 58.6 Å². The number of rotatable bonds is 3. The molecule has 0 spiro atoms. The van der Waals surface area contributed by atoms with Gasteiger partial charge >= 0.3 is 6.03 Å². The van der Waals surface area contributed by atoms with E-state index in [0.29, 0.717) is 6.61 Å². The summed E-state index contributed by atoms with van der Waals surface area (Å²) in [4.78, 5) is 23.7. The van der Waals surface area contributed by atoms with Crippen molar-refractivity contribution in [2.75, 3.05) is 13.2 Å². The lowest BCUT2D eigenvalue weighted by atomic mass is 9.88. The molecule has 0 radical (unpaired) electrons. The molecule has 0 atom stereocenters. The molecular weight excluding hydrogens is 184 g/mol. The monoisotopic (exact) mass is 198 g/mol. The molecule has 0 aromatic heterocycles. The lowest BCUT2D eigenvalue weighted by Crippen LogP contribution is -2.49. The van der Waals surface area contributed by atoms with Crippen LogP contribution in [0.25, 0.3) is 0 Å². The van der Waals surface area contributed by atoms with Crippen molar-refractivity contribution in [1.29, 1.82) is 0 Å². The highest BCUT2D eigenvalue weighted by molar-refractivity contribution is 6.02. The van der Waals surface area contributed by atoms with Gasteiger partial charge in [-0.3, -0.25) is 10.1 Å². The highest BCUT2D eigenvalue weighted by Gasteiger charge is 2.40. The lowest BCUT2D eigenvalue weighted by molar-refractivity contribution is -0.119. The van der Waals surface area contributed by atoms with Crippen LogP contribution in [0.4, 0.5) is 4.79 Å². The molecular formula is C9H14N2O3. The molecule has 1 aliphatic heterocycles. The normalized spacial score (nSPS) is 31.6. The third-order valence-electron chi connectivity index (χ3n) is 2.73. The Morgan fingerprint density at radius 3 is 2.71 bits per heavy atom. The van der Waals surface area contributed by atoms with Gasteiger partial charge in [-0.05, 0) is 19.8 Å². The Morgan fingerprint density at radius 2 is 2.21 bits per heavy atom. The number of ether oxygens (including phenoxy) is 1. The van der Waals surface area contributed by atoms with Gasteiger partial charge in [-0.2, -0.15) is 0 Å². The molecule has 1 N–H and O–H groups in total. The van der Waals surface area contributed by atoms with Crippen molar-refractivity contribution in [2.45, 2.75) is 31.9 Å². The van der Waals surface area contributed by atoms with Crippen molar-refractivity contribution < 1.29 is 14.3 Å². The number of carbonyl (C=O) groups excluding carboxylic acids is 2. The predicted molar refractivity (Wildman–Crippen MR) is 48.7 cm³/mol. The van der Waals surface area contributed by atoms with E-state index in [4.69, 9.17) is 4.74 Å². The van der Waals surface area contributed by atoms with Crippen molar-refractivity contribution in [3.63, 3.8) is 0 Å². The van der Waals surface area contributed by atoms with Gasteiger partial charge in [0.25, 0.3) is 0 Å². The molecule has 2 rings (SSSR count). The van der Waals surface area contributed by atoms with Crippen LogP contribution in [0.5, 0.6) is 0 Å². The van der Waals surface area contributed by atoms with Crippen LogP contribution in [0.1, 0.15) is 19.8 Å². The van der Waals surface area contributed by atoms with E-state index in [1.54, 1.807) is 4.90 Å². The number of hydrogen-bond donors (Lipinski definition) is 1. The first-order chi connectivity index (χ1) is 6.70. The van der Waals surface area contributed by atoms with Gasteiger partial charge in [-0.25, -0.2) is 4.79 Å². The van der Waals surface area contributed by atoms with Gasteiger partial charge in [0, 0.05) is 12.6 Å². The molecule has 0 unspecified atom stereocenters. The van der Waals surface area contributed by atoms with Crippen molar-refractivity contribution in [1.82, 2.24) is 10.2 Å². The highest BCUT2D eigenvalue weighted by Crippen LogP contribution is 2.29. The largest absolute Gasteiger partial charge is 0.378 e. The second-order valence-corrected chi connectivity index (χ2v) is 3.68. The maximum absolute atomic E-state index is 11.2. The number of urea groups is 1. The van der Waals surface area contributed by atoms with Crippen molar-refractivity contribution >= 4 is 11.9 Å². The van der Waals surface area contributed by atoms with E-state index in [1.807, 2.05) is 6.92 Å². The summed E-state index contributed by atoms with van der Waals surface area (Å²) in [6.45, 7) is 2.88. The molecule has 3 amide bonds. The zero-order valence-corrected chi connectivity index (χ0v) is 8.16. The Labute approximate surface area is 82.4 Å². The summed E-state index contributed by atoms with van der Waals surface area (Å²) in [5, 5.41) is 2.27. The molecule has 2 aliphatic rings. The minimum Gasteiger partial charge on any atom is -0.378 e. The molecule has 2 fully saturated rings. The highest BCUT2D eigenvalue weighted by atomic mass is 16.5. The van der Waals surface area contributed by atoms with Gasteiger partial charge in [-0.1, -0.05) is 0 Å². The number of nitrogens with zero attached hydrogens (tertiary/aromatic N) is 1. The van der Waals surface area contributed by atoms with Gasteiger partial charge in [0.05, 0.1) is 6.10 Å². The van der Waals surface area contributed by atoms with E-state index < -0.39 is 0 Å². The first-order valence-electron chi connectivity index (χ1n) is 4.92. The van der Waals surface area contributed by atoms with Crippen LogP contribution < -0.4 is 5.32 Å². The number of amides is 3. The molecule has 78 valence electrons. The van der Waals surface area contributed by atoms with E-state index in [1.165, 1.54) is 0 Å². The summed E-state index contributed by atoms with van der Waals surface area (Å²) >= 11 is 0.